The van der Waals surface area contributed by atoms with E-state index in [9.17, 15) is 29.0 Å². The first-order chi connectivity index (χ1) is 16.0. The van der Waals surface area contributed by atoms with E-state index in [1.165, 1.54) is 10.9 Å². The number of aliphatic hydroxyl groups excluding tert-OH is 1. The van der Waals surface area contributed by atoms with Crippen LogP contribution in [0.4, 0.5) is 5.95 Å². The van der Waals surface area contributed by atoms with Crippen LogP contribution in [0.3, 0.4) is 0 Å². The van der Waals surface area contributed by atoms with Gasteiger partial charge < -0.3 is 40.9 Å². The molecule has 1 aliphatic rings. The summed E-state index contributed by atoms with van der Waals surface area (Å²) in [7, 11) is -7.95. The molecule has 37 heavy (non-hydrogen) atoms. The number of nitrogens with one attached hydrogen (secondary N) is 2. The van der Waals surface area contributed by atoms with E-state index < -0.39 is 52.2 Å². The SMILES string of the molecule is CC(C)C(=O)Nc1nc2c(ncn2[C@@H]2O[C@H](CO)[C@@H](P(=O)([O-])[O-])[C@@H]2O[Si](C)(C)C(C)(C)C)c(=O)[nH]1.[NH4+].[NH4+]. The summed E-state index contributed by atoms with van der Waals surface area (Å²) in [6.07, 6.45) is -2.64. The second-order valence-corrected chi connectivity index (χ2v) is 16.9. The monoisotopic (exact) mass is 565 g/mol. The number of ether oxygens (including phenoxy) is 1. The lowest BCUT2D eigenvalue weighted by Gasteiger charge is -2.45. The molecule has 1 aliphatic heterocycles. The van der Waals surface area contributed by atoms with Crippen LogP contribution in [0.2, 0.25) is 18.1 Å². The minimum absolute atomic E-state index is 0. The second-order valence-electron chi connectivity index (χ2n) is 10.5. The Morgan fingerprint density at radius 3 is 2.43 bits per heavy atom. The molecule has 0 aromatic carbocycles. The minimum atomic E-state index is -5.30. The lowest BCUT2D eigenvalue weighted by molar-refractivity contribution is -0.318. The van der Waals surface area contributed by atoms with Crippen molar-refractivity contribution in [1.29, 1.82) is 0 Å². The molecule has 0 radical (unpaired) electrons. The lowest BCUT2D eigenvalue weighted by atomic mass is 10.2. The number of hydrogen-bond donors (Lipinski definition) is 5. The number of H-pyrrole nitrogens is 1. The fourth-order valence-corrected chi connectivity index (χ4v) is 6.10. The summed E-state index contributed by atoms with van der Waals surface area (Å²) in [5, 5.41) is 12.0. The zero-order chi connectivity index (χ0) is 26.5. The van der Waals surface area contributed by atoms with Gasteiger partial charge in [-0.15, -0.1) is 0 Å². The highest BCUT2D eigenvalue weighted by atomic mass is 31.2. The van der Waals surface area contributed by atoms with Gasteiger partial charge in [0.15, 0.2) is 25.7 Å². The third-order valence-corrected chi connectivity index (χ3v) is 12.4. The van der Waals surface area contributed by atoms with Gasteiger partial charge >= 0.3 is 0 Å². The molecule has 3 heterocycles. The van der Waals surface area contributed by atoms with E-state index in [4.69, 9.17) is 9.16 Å². The Morgan fingerprint density at radius 2 is 1.95 bits per heavy atom. The van der Waals surface area contributed by atoms with Crippen molar-refractivity contribution in [3.05, 3.63) is 16.7 Å². The quantitative estimate of drug-likeness (QED) is 0.235. The van der Waals surface area contributed by atoms with Crippen molar-refractivity contribution in [3.8, 4) is 0 Å². The van der Waals surface area contributed by atoms with E-state index in [2.05, 4.69) is 20.3 Å². The first kappa shape index (κ1) is 33.0. The van der Waals surface area contributed by atoms with Crippen molar-refractivity contribution in [2.45, 2.75) is 76.8 Å². The average Bonchev–Trinajstić information content (AvgIpc) is 3.27. The van der Waals surface area contributed by atoms with Crippen molar-refractivity contribution in [2.75, 3.05) is 11.9 Å². The molecule has 0 unspecified atom stereocenters. The number of carbonyl (C=O) groups is 1. The van der Waals surface area contributed by atoms with E-state index in [1.807, 2.05) is 33.9 Å². The summed E-state index contributed by atoms with van der Waals surface area (Å²) in [6, 6.07) is 0. The molecule has 15 nitrogen and oxygen atoms in total. The van der Waals surface area contributed by atoms with Crippen LogP contribution < -0.4 is 33.0 Å². The number of imidazole rings is 1. The summed E-state index contributed by atoms with van der Waals surface area (Å²) in [5.74, 6) is -0.888. The highest BCUT2D eigenvalue weighted by Gasteiger charge is 2.52. The van der Waals surface area contributed by atoms with Gasteiger partial charge in [-0.2, -0.15) is 4.98 Å². The Balaban J connectivity index is 0.00000342. The van der Waals surface area contributed by atoms with Crippen LogP contribution in [0.25, 0.3) is 11.2 Å². The molecular weight excluding hydrogens is 525 g/mol. The van der Waals surface area contributed by atoms with Crippen LogP contribution in [0.15, 0.2) is 11.1 Å². The molecule has 0 bridgehead atoms. The number of aliphatic hydroxyl groups is 1. The fraction of sp³-hybridized carbons (Fsp3) is 0.700. The largest absolute Gasteiger partial charge is 0.810 e. The number of fused-ring (bicyclic) bond motifs is 1. The molecule has 4 atom stereocenters. The molecule has 1 fully saturated rings. The smallest absolute Gasteiger partial charge is 0.280 e. The predicted octanol–water partition coefficient (Wildman–Crippen LogP) is 1.03. The van der Waals surface area contributed by atoms with Gasteiger partial charge in [-0.1, -0.05) is 42.2 Å². The second kappa shape index (κ2) is 11.4. The maximum atomic E-state index is 12.6. The van der Waals surface area contributed by atoms with Gasteiger partial charge in [-0.3, -0.25) is 24.5 Å². The molecule has 1 saturated heterocycles. The molecule has 17 heteroatoms. The zero-order valence-electron chi connectivity index (χ0n) is 22.8. The van der Waals surface area contributed by atoms with Gasteiger partial charge in [0.1, 0.15) is 6.10 Å². The Kier molecular flexibility index (Phi) is 10.2. The van der Waals surface area contributed by atoms with Crippen molar-refractivity contribution >= 4 is 38.9 Å². The predicted molar refractivity (Wildman–Crippen MR) is 138 cm³/mol. The summed E-state index contributed by atoms with van der Waals surface area (Å²) in [5.41, 5.74) is -2.41. The van der Waals surface area contributed by atoms with Gasteiger partial charge in [-0.05, 0) is 18.1 Å². The van der Waals surface area contributed by atoms with Crippen molar-refractivity contribution in [1.82, 2.24) is 31.8 Å². The van der Waals surface area contributed by atoms with E-state index in [-0.39, 0.29) is 46.3 Å². The zero-order valence-corrected chi connectivity index (χ0v) is 24.7. The topological polar surface area (TPSA) is 268 Å². The number of quaternary nitrogens is 2. The molecule has 0 aliphatic carbocycles. The number of hydrogen-bond acceptors (Lipinski definition) is 10. The first-order valence-electron chi connectivity index (χ1n) is 11.2. The highest BCUT2D eigenvalue weighted by Crippen LogP contribution is 2.50. The minimum Gasteiger partial charge on any atom is -0.810 e. The van der Waals surface area contributed by atoms with Crippen LogP contribution in [-0.2, 0) is 18.5 Å². The van der Waals surface area contributed by atoms with Crippen LogP contribution in [-0.4, -0.2) is 63.3 Å². The number of carbonyl (C=O) groups excluding carboxylic acids is 1. The maximum Gasteiger partial charge on any atom is 0.280 e. The summed E-state index contributed by atoms with van der Waals surface area (Å²) in [4.78, 5) is 60.1. The molecule has 1 amide bonds. The van der Waals surface area contributed by atoms with Gasteiger partial charge in [0.25, 0.3) is 5.56 Å². The molecule has 2 aromatic rings. The Morgan fingerprint density at radius 1 is 1.35 bits per heavy atom. The van der Waals surface area contributed by atoms with Crippen molar-refractivity contribution < 1.29 is 33.4 Å². The Labute approximate surface area is 215 Å². The van der Waals surface area contributed by atoms with E-state index in [0.717, 1.165) is 0 Å². The van der Waals surface area contributed by atoms with Gasteiger partial charge in [0, 0.05) is 11.6 Å². The van der Waals surface area contributed by atoms with E-state index >= 15 is 0 Å². The van der Waals surface area contributed by atoms with Crippen LogP contribution in [0, 0.1) is 5.92 Å². The summed E-state index contributed by atoms with van der Waals surface area (Å²) in [6.45, 7) is 12.2. The van der Waals surface area contributed by atoms with E-state index in [0.29, 0.717) is 0 Å². The number of nitrogens with zero attached hydrogens (tertiary/aromatic N) is 3. The Hall–Kier alpha value is -2.01. The number of aromatic nitrogens is 4. The number of amides is 1. The van der Waals surface area contributed by atoms with Gasteiger partial charge in [0.05, 0.1) is 19.0 Å². The lowest BCUT2D eigenvalue weighted by Crippen LogP contribution is -2.50. The molecule has 0 saturated carbocycles. The average molecular weight is 566 g/mol. The van der Waals surface area contributed by atoms with Crippen LogP contribution >= 0.6 is 7.60 Å². The normalized spacial score (nSPS) is 22.6. The van der Waals surface area contributed by atoms with Gasteiger partial charge in [-0.25, -0.2) is 4.98 Å². The maximum absolute atomic E-state index is 12.6. The van der Waals surface area contributed by atoms with Crippen LogP contribution in [0.5, 0.6) is 0 Å². The Bertz CT molecular complexity index is 1210. The fourth-order valence-electron chi connectivity index (χ4n) is 3.55. The number of aromatic amines is 1. The molecular formula is C20H40N7O8PSi. The molecule has 212 valence electrons. The summed E-state index contributed by atoms with van der Waals surface area (Å²) >= 11 is 0. The first-order valence-corrected chi connectivity index (χ1v) is 15.7. The van der Waals surface area contributed by atoms with Crippen LogP contribution in [0.1, 0.15) is 40.8 Å². The highest BCUT2D eigenvalue weighted by molar-refractivity contribution is 7.49. The standard InChI is InChI=1S/C20H34N5O8PSi.2H3N/c1-10(2)16(27)23-19-22-15-12(17(28)24-19)21-9-25(15)18-13(33-35(6,7)20(3,4)5)14(34(29,30)31)11(8-26)32-18;;/h9-11,13-14,18,26H,8H2,1-7H3,(H2,29,30,31)(H2,22,23,24,27,28);2*1H3/t11-,13+,14-,18-;;/m1../s1. The van der Waals surface area contributed by atoms with Gasteiger partial charge in [0.2, 0.25) is 11.9 Å². The number of rotatable bonds is 7. The molecule has 11 N–H and O–H groups in total. The van der Waals surface area contributed by atoms with Crippen molar-refractivity contribution in [3.63, 3.8) is 0 Å². The summed E-state index contributed by atoms with van der Waals surface area (Å²) < 4.78 is 25.8. The van der Waals surface area contributed by atoms with E-state index in [1.54, 1.807) is 13.8 Å². The number of anilines is 1. The van der Waals surface area contributed by atoms with Crippen molar-refractivity contribution in [2.24, 2.45) is 5.92 Å². The molecule has 3 rings (SSSR count). The third kappa shape index (κ3) is 6.53. The molecule has 2 aromatic heterocycles. The third-order valence-electron chi connectivity index (χ3n) is 6.57. The molecule has 0 spiro atoms.